The Bertz CT molecular complexity index is 671. The van der Waals surface area contributed by atoms with E-state index in [0.29, 0.717) is 11.1 Å². The van der Waals surface area contributed by atoms with Gasteiger partial charge in [0.15, 0.2) is 0 Å². The second-order valence-corrected chi connectivity index (χ2v) is 6.18. The molecule has 0 aliphatic rings. The first-order chi connectivity index (χ1) is 10.2. The van der Waals surface area contributed by atoms with Crippen LogP contribution in [-0.4, -0.2) is 44.3 Å². The topological polar surface area (TPSA) is 91.9 Å². The third-order valence-corrected chi connectivity index (χ3v) is 3.20. The second-order valence-electron chi connectivity index (χ2n) is 6.18. The SMILES string of the molecule is CC(C)(C)OC(=O)n1ccc2cc(C(O)C(O)CO)ccc21. The number of ether oxygens (including phenoxy) is 1. The van der Waals surface area contributed by atoms with Gasteiger partial charge in [-0.05, 0) is 44.5 Å². The number of hydrogen-bond donors (Lipinski definition) is 3. The lowest BCUT2D eigenvalue weighted by atomic mass is 10.0. The molecule has 0 aliphatic carbocycles. The zero-order valence-electron chi connectivity index (χ0n) is 12.9. The van der Waals surface area contributed by atoms with Crippen LogP contribution in [0.15, 0.2) is 30.5 Å². The fourth-order valence-corrected chi connectivity index (χ4v) is 2.14. The van der Waals surface area contributed by atoms with Crippen LogP contribution in [0.4, 0.5) is 4.79 Å². The van der Waals surface area contributed by atoms with Crippen molar-refractivity contribution in [1.82, 2.24) is 4.57 Å². The van der Waals surface area contributed by atoms with Crippen LogP contribution in [-0.2, 0) is 4.74 Å². The average molecular weight is 307 g/mol. The molecule has 22 heavy (non-hydrogen) atoms. The van der Waals surface area contributed by atoms with E-state index < -0.39 is 30.5 Å². The lowest BCUT2D eigenvalue weighted by molar-refractivity contribution is -0.0152. The highest BCUT2D eigenvalue weighted by Gasteiger charge is 2.21. The van der Waals surface area contributed by atoms with Gasteiger partial charge in [0, 0.05) is 11.6 Å². The smallest absolute Gasteiger partial charge is 0.418 e. The molecule has 0 bridgehead atoms. The van der Waals surface area contributed by atoms with Gasteiger partial charge in [-0.1, -0.05) is 6.07 Å². The Balaban J connectivity index is 2.33. The first-order valence-electron chi connectivity index (χ1n) is 7.04. The van der Waals surface area contributed by atoms with Gasteiger partial charge in [-0.2, -0.15) is 0 Å². The lowest BCUT2D eigenvalue weighted by Crippen LogP contribution is -2.26. The van der Waals surface area contributed by atoms with Gasteiger partial charge in [0.1, 0.15) is 17.8 Å². The molecule has 6 heteroatoms. The van der Waals surface area contributed by atoms with Crippen LogP contribution in [0.3, 0.4) is 0 Å². The molecule has 2 atom stereocenters. The number of aromatic nitrogens is 1. The molecule has 0 saturated heterocycles. The van der Waals surface area contributed by atoms with Gasteiger partial charge in [0.05, 0.1) is 12.1 Å². The third-order valence-electron chi connectivity index (χ3n) is 3.20. The number of fused-ring (bicyclic) bond motifs is 1. The van der Waals surface area contributed by atoms with Crippen LogP contribution in [0.1, 0.15) is 32.4 Å². The first kappa shape index (κ1) is 16.5. The van der Waals surface area contributed by atoms with Crippen LogP contribution >= 0.6 is 0 Å². The number of aliphatic hydroxyl groups excluding tert-OH is 3. The lowest BCUT2D eigenvalue weighted by Gasteiger charge is -2.20. The Morgan fingerprint density at radius 2 is 1.95 bits per heavy atom. The predicted molar refractivity (Wildman–Crippen MR) is 81.6 cm³/mol. The van der Waals surface area contributed by atoms with Crippen molar-refractivity contribution in [2.24, 2.45) is 0 Å². The first-order valence-corrected chi connectivity index (χ1v) is 7.04. The summed E-state index contributed by atoms with van der Waals surface area (Å²) in [5, 5.41) is 29.0. The Labute approximate surface area is 128 Å². The number of carbonyl (C=O) groups is 1. The van der Waals surface area contributed by atoms with Crippen LogP contribution in [0.25, 0.3) is 10.9 Å². The third kappa shape index (κ3) is 3.47. The molecule has 1 aromatic carbocycles. The largest absolute Gasteiger partial charge is 0.443 e. The molecule has 0 aliphatic heterocycles. The van der Waals surface area contributed by atoms with Crippen molar-refractivity contribution in [3.63, 3.8) is 0 Å². The fourth-order valence-electron chi connectivity index (χ4n) is 2.14. The summed E-state index contributed by atoms with van der Waals surface area (Å²) in [4.78, 5) is 12.1. The normalized spacial score (nSPS) is 14.8. The van der Waals surface area contributed by atoms with Crippen molar-refractivity contribution in [3.8, 4) is 0 Å². The van der Waals surface area contributed by atoms with Crippen LogP contribution < -0.4 is 0 Å². The van der Waals surface area contributed by atoms with Gasteiger partial charge in [-0.25, -0.2) is 4.79 Å². The van der Waals surface area contributed by atoms with E-state index in [1.165, 1.54) is 4.57 Å². The summed E-state index contributed by atoms with van der Waals surface area (Å²) in [5.74, 6) is 0. The van der Waals surface area contributed by atoms with Gasteiger partial charge >= 0.3 is 6.09 Å². The maximum absolute atomic E-state index is 12.1. The molecule has 2 aromatic rings. The zero-order valence-corrected chi connectivity index (χ0v) is 12.9. The zero-order chi connectivity index (χ0) is 16.5. The summed E-state index contributed by atoms with van der Waals surface area (Å²) in [6, 6.07) is 6.66. The number of rotatable bonds is 3. The van der Waals surface area contributed by atoms with Crippen molar-refractivity contribution in [2.75, 3.05) is 6.61 Å². The average Bonchev–Trinajstić information content (AvgIpc) is 2.86. The van der Waals surface area contributed by atoms with E-state index >= 15 is 0 Å². The maximum atomic E-state index is 12.1. The molecule has 6 nitrogen and oxygen atoms in total. The van der Waals surface area contributed by atoms with Crippen molar-refractivity contribution in [1.29, 1.82) is 0 Å². The summed E-state index contributed by atoms with van der Waals surface area (Å²) in [6.07, 6.45) is -1.31. The van der Waals surface area contributed by atoms with Crippen molar-refractivity contribution in [2.45, 2.75) is 38.6 Å². The molecule has 0 fully saturated rings. The van der Waals surface area contributed by atoms with Gasteiger partial charge in [0.25, 0.3) is 0 Å². The van der Waals surface area contributed by atoms with Crippen molar-refractivity contribution in [3.05, 3.63) is 36.0 Å². The highest BCUT2D eigenvalue weighted by molar-refractivity contribution is 5.90. The highest BCUT2D eigenvalue weighted by atomic mass is 16.6. The molecule has 1 heterocycles. The Kier molecular flexibility index (Phi) is 4.55. The van der Waals surface area contributed by atoms with Crippen molar-refractivity contribution >= 4 is 17.0 Å². The van der Waals surface area contributed by atoms with E-state index in [-0.39, 0.29) is 0 Å². The van der Waals surface area contributed by atoms with Gasteiger partial charge in [-0.15, -0.1) is 0 Å². The summed E-state index contributed by atoms with van der Waals surface area (Å²) in [6.45, 7) is 4.85. The van der Waals surface area contributed by atoms with Gasteiger partial charge < -0.3 is 20.1 Å². The molecule has 0 radical (unpaired) electrons. The van der Waals surface area contributed by atoms with E-state index in [9.17, 15) is 15.0 Å². The quantitative estimate of drug-likeness (QED) is 0.804. The predicted octanol–water partition coefficient (Wildman–Crippen LogP) is 1.81. The molecule has 2 unspecified atom stereocenters. The maximum Gasteiger partial charge on any atom is 0.418 e. The fraction of sp³-hybridized carbons (Fsp3) is 0.438. The summed E-state index contributed by atoms with van der Waals surface area (Å²) in [7, 11) is 0. The molecular weight excluding hydrogens is 286 g/mol. The number of benzene rings is 1. The molecule has 1 aromatic heterocycles. The van der Waals surface area contributed by atoms with E-state index in [4.69, 9.17) is 9.84 Å². The monoisotopic (exact) mass is 307 g/mol. The molecule has 120 valence electrons. The molecule has 2 rings (SSSR count). The van der Waals surface area contributed by atoms with Crippen LogP contribution in [0, 0.1) is 0 Å². The van der Waals surface area contributed by atoms with Gasteiger partial charge in [0.2, 0.25) is 0 Å². The number of carbonyl (C=O) groups excluding carboxylic acids is 1. The van der Waals surface area contributed by atoms with Crippen LogP contribution in [0.2, 0.25) is 0 Å². The summed E-state index contributed by atoms with van der Waals surface area (Å²) >= 11 is 0. The highest BCUT2D eigenvalue weighted by Crippen LogP contribution is 2.24. The number of hydrogen-bond acceptors (Lipinski definition) is 5. The number of nitrogens with zero attached hydrogens (tertiary/aromatic N) is 1. The molecule has 3 N–H and O–H groups in total. The molecule has 0 amide bonds. The van der Waals surface area contributed by atoms with E-state index in [1.54, 1.807) is 51.2 Å². The minimum Gasteiger partial charge on any atom is -0.443 e. The molecule has 0 saturated carbocycles. The van der Waals surface area contributed by atoms with E-state index in [1.807, 2.05) is 0 Å². The minimum atomic E-state index is -1.25. The minimum absolute atomic E-state index is 0.469. The Morgan fingerprint density at radius 1 is 1.27 bits per heavy atom. The van der Waals surface area contributed by atoms with Crippen LogP contribution in [0.5, 0.6) is 0 Å². The van der Waals surface area contributed by atoms with E-state index in [2.05, 4.69) is 0 Å². The summed E-state index contributed by atoms with van der Waals surface area (Å²) < 4.78 is 6.71. The van der Waals surface area contributed by atoms with E-state index in [0.717, 1.165) is 5.39 Å². The van der Waals surface area contributed by atoms with Gasteiger partial charge in [-0.3, -0.25) is 4.57 Å². The standard InChI is InChI=1S/C16H21NO5/c1-16(2,3)22-15(21)17-7-6-10-8-11(4-5-12(10)17)14(20)13(19)9-18/h4-8,13-14,18-20H,9H2,1-3H3. The Morgan fingerprint density at radius 3 is 2.55 bits per heavy atom. The molecular formula is C16H21NO5. The number of aliphatic hydroxyl groups is 3. The Hall–Kier alpha value is -1.89. The summed E-state index contributed by atoms with van der Waals surface area (Å²) in [5.41, 5.74) is 0.523. The second kappa shape index (κ2) is 6.08. The molecule has 0 spiro atoms. The van der Waals surface area contributed by atoms with Crippen molar-refractivity contribution < 1.29 is 24.9 Å².